The van der Waals surface area contributed by atoms with Crippen LogP contribution in [0.3, 0.4) is 0 Å². The number of amides is 5. The second-order valence-electron chi connectivity index (χ2n) is 26.2. The number of likely N-dealkylation sites (tertiary alicyclic amines) is 2. The van der Waals surface area contributed by atoms with Gasteiger partial charge in [0.25, 0.3) is 5.91 Å². The quantitative estimate of drug-likeness (QED) is 0.0474. The lowest BCUT2D eigenvalue weighted by Crippen LogP contribution is -2.60. The molecule has 11 rings (SSSR count). The molecule has 91 heavy (non-hydrogen) atoms. The third-order valence-corrected chi connectivity index (χ3v) is 20.5. The Hall–Kier alpha value is -6.88. The van der Waals surface area contributed by atoms with Gasteiger partial charge in [0.05, 0.1) is 43.8 Å². The third kappa shape index (κ3) is 16.9. The number of aromatic amines is 1. The second-order valence-corrected chi connectivity index (χ2v) is 26.6. The Kier molecular flexibility index (Phi) is 22.5. The first-order chi connectivity index (χ1) is 44.3. The predicted octanol–water partition coefficient (Wildman–Crippen LogP) is 6.44. The molecule has 5 aromatic rings. The maximum absolute atomic E-state index is 14.6. The van der Waals surface area contributed by atoms with Crippen LogP contribution in [0.15, 0.2) is 85.3 Å². The van der Waals surface area contributed by atoms with Gasteiger partial charge in [-0.25, -0.2) is 9.97 Å². The van der Waals surface area contributed by atoms with Gasteiger partial charge in [-0.1, -0.05) is 61.2 Å². The molecule has 3 atom stereocenters. The first-order valence-corrected chi connectivity index (χ1v) is 34.0. The van der Waals surface area contributed by atoms with Crippen molar-refractivity contribution < 1.29 is 33.4 Å². The van der Waals surface area contributed by atoms with Gasteiger partial charge in [0.15, 0.2) is 0 Å². The number of piperidine rings is 3. The average molecular weight is 1270 g/mol. The molecule has 5 aliphatic heterocycles. The Morgan fingerprint density at radius 2 is 1.49 bits per heavy atom. The molecule has 3 aromatic carbocycles. The molecule has 7 heterocycles. The topological polar surface area (TPSA) is 230 Å². The first kappa shape index (κ1) is 65.6. The lowest BCUT2D eigenvalue weighted by atomic mass is 9.82. The summed E-state index contributed by atoms with van der Waals surface area (Å²) in [6.45, 7) is 15.5. The Labute approximate surface area is 541 Å². The van der Waals surface area contributed by atoms with Crippen LogP contribution in [0.5, 0.6) is 11.5 Å². The van der Waals surface area contributed by atoms with Crippen LogP contribution in [0.2, 0.25) is 5.02 Å². The summed E-state index contributed by atoms with van der Waals surface area (Å²) < 4.78 is 11.2. The normalized spacial score (nSPS) is 20.7. The van der Waals surface area contributed by atoms with Gasteiger partial charge < -0.3 is 60.6 Å². The molecule has 5 saturated heterocycles. The molecule has 0 bridgehead atoms. The molecule has 5 amide bonds. The largest absolute Gasteiger partial charge is 0.497 e. The van der Waals surface area contributed by atoms with Gasteiger partial charge >= 0.3 is 0 Å². The number of benzene rings is 3. The van der Waals surface area contributed by atoms with E-state index in [1.54, 1.807) is 13.4 Å². The SMILES string of the molecule is CCOc1cc(OC)ccc1CNCC(=O)N1CCCC(c2cccc(C(=O)N[C@H](C(=O)N3CCC(CN4CCN(CC(=O)N5CCN(CC[C@H](NC(=O)C6(N)CCN(c7ncnc8[nH]ccc78)CC6)c6ccc(Cl)cc6)CC5)CC4)CC3)C3CCCCC3)c2)C1. The highest BCUT2D eigenvalue weighted by molar-refractivity contribution is 6.30. The summed E-state index contributed by atoms with van der Waals surface area (Å²) in [5.41, 5.74) is 10.2. The highest BCUT2D eigenvalue weighted by Gasteiger charge is 2.41. The van der Waals surface area contributed by atoms with Crippen molar-refractivity contribution >= 4 is 58.0 Å². The maximum atomic E-state index is 14.6. The van der Waals surface area contributed by atoms with Gasteiger partial charge in [-0.15, -0.1) is 0 Å². The van der Waals surface area contributed by atoms with Crippen LogP contribution in [-0.4, -0.2) is 217 Å². The van der Waals surface area contributed by atoms with Crippen molar-refractivity contribution in [2.75, 3.05) is 136 Å². The summed E-state index contributed by atoms with van der Waals surface area (Å²) in [4.78, 5) is 97.6. The zero-order valence-corrected chi connectivity index (χ0v) is 54.2. The van der Waals surface area contributed by atoms with Crippen molar-refractivity contribution in [3.8, 4) is 11.5 Å². The minimum absolute atomic E-state index is 0.0435. The number of rotatable bonds is 23. The molecule has 2 aromatic heterocycles. The smallest absolute Gasteiger partial charge is 0.251 e. The van der Waals surface area contributed by atoms with Crippen LogP contribution in [0, 0.1) is 11.8 Å². The van der Waals surface area contributed by atoms with E-state index in [9.17, 15) is 24.0 Å². The molecule has 22 heteroatoms. The molecule has 1 saturated carbocycles. The van der Waals surface area contributed by atoms with E-state index in [1.807, 2.05) is 94.6 Å². The van der Waals surface area contributed by atoms with Crippen LogP contribution in [0.1, 0.15) is 123 Å². The Bertz CT molecular complexity index is 3240. The lowest BCUT2D eigenvalue weighted by molar-refractivity contribution is -0.137. The number of nitrogens with one attached hydrogen (secondary N) is 4. The summed E-state index contributed by atoms with van der Waals surface area (Å²) >= 11 is 6.31. The molecular formula is C69H95ClN14O7. The number of carbonyl (C=O) groups is 5. The molecule has 0 radical (unpaired) electrons. The molecule has 490 valence electrons. The number of methoxy groups -OCH3 is 1. The lowest BCUT2D eigenvalue weighted by Gasteiger charge is -2.41. The fraction of sp³-hybridized carbons (Fsp3) is 0.580. The zero-order chi connectivity index (χ0) is 63.3. The van der Waals surface area contributed by atoms with Crippen LogP contribution in [0.4, 0.5) is 5.82 Å². The molecule has 6 N–H and O–H groups in total. The number of anilines is 1. The number of hydrogen-bond acceptors (Lipinski definition) is 15. The summed E-state index contributed by atoms with van der Waals surface area (Å²) in [6.07, 6.45) is 13.9. The summed E-state index contributed by atoms with van der Waals surface area (Å²) in [6, 6.07) is 22.4. The predicted molar refractivity (Wildman–Crippen MR) is 353 cm³/mol. The van der Waals surface area contributed by atoms with E-state index in [2.05, 4.69) is 56.6 Å². The van der Waals surface area contributed by atoms with Crippen molar-refractivity contribution in [2.45, 2.75) is 114 Å². The van der Waals surface area contributed by atoms with Gasteiger partial charge in [0.2, 0.25) is 23.6 Å². The zero-order valence-electron chi connectivity index (χ0n) is 53.4. The van der Waals surface area contributed by atoms with E-state index in [4.69, 9.17) is 26.8 Å². The second kappa shape index (κ2) is 31.2. The van der Waals surface area contributed by atoms with E-state index < -0.39 is 11.6 Å². The van der Waals surface area contributed by atoms with Gasteiger partial charge in [-0.2, -0.15) is 0 Å². The molecule has 0 spiro atoms. The van der Waals surface area contributed by atoms with E-state index in [1.165, 1.54) is 0 Å². The fourth-order valence-electron chi connectivity index (χ4n) is 14.6. The maximum Gasteiger partial charge on any atom is 0.251 e. The number of aromatic nitrogens is 3. The molecular weight excluding hydrogens is 1170 g/mol. The van der Waals surface area contributed by atoms with Crippen molar-refractivity contribution in [1.82, 2.24) is 60.3 Å². The number of nitrogens with two attached hydrogens (primary N) is 1. The summed E-state index contributed by atoms with van der Waals surface area (Å²) in [5.74, 6) is 2.87. The molecule has 6 fully saturated rings. The summed E-state index contributed by atoms with van der Waals surface area (Å²) in [7, 11) is 1.63. The number of ether oxygens (including phenoxy) is 2. The number of piperazine rings is 2. The highest BCUT2D eigenvalue weighted by atomic mass is 35.5. The Morgan fingerprint density at radius 1 is 0.747 bits per heavy atom. The number of fused-ring (bicyclic) bond motifs is 1. The highest BCUT2D eigenvalue weighted by Crippen LogP contribution is 2.33. The van der Waals surface area contributed by atoms with Crippen LogP contribution < -0.4 is 36.1 Å². The van der Waals surface area contributed by atoms with Gasteiger partial charge in [0.1, 0.15) is 35.3 Å². The minimum Gasteiger partial charge on any atom is -0.497 e. The van der Waals surface area contributed by atoms with E-state index in [0.29, 0.717) is 108 Å². The number of H-pyrrole nitrogens is 1. The van der Waals surface area contributed by atoms with Crippen LogP contribution >= 0.6 is 11.6 Å². The van der Waals surface area contributed by atoms with Crippen LogP contribution in [0.25, 0.3) is 11.0 Å². The number of nitrogens with zero attached hydrogens (tertiary/aromatic N) is 9. The molecule has 21 nitrogen and oxygen atoms in total. The van der Waals surface area contributed by atoms with E-state index >= 15 is 0 Å². The van der Waals surface area contributed by atoms with Gasteiger partial charge in [0, 0.05) is 146 Å². The average Bonchev–Trinajstić information content (AvgIpc) is 2.18. The number of hydrogen-bond donors (Lipinski definition) is 5. The van der Waals surface area contributed by atoms with Crippen molar-refractivity contribution in [3.63, 3.8) is 0 Å². The first-order valence-electron chi connectivity index (χ1n) is 33.6. The van der Waals surface area contributed by atoms with Crippen molar-refractivity contribution in [2.24, 2.45) is 17.6 Å². The number of halogens is 1. The van der Waals surface area contributed by atoms with Crippen molar-refractivity contribution in [1.29, 1.82) is 0 Å². The van der Waals surface area contributed by atoms with Crippen molar-refractivity contribution in [3.05, 3.63) is 113 Å². The monoisotopic (exact) mass is 1270 g/mol. The third-order valence-electron chi connectivity index (χ3n) is 20.3. The van der Waals surface area contributed by atoms with Crippen LogP contribution in [-0.2, 0) is 25.7 Å². The molecule has 1 unspecified atom stereocenters. The number of carbonyl (C=O) groups excluding carboxylic acids is 5. The summed E-state index contributed by atoms with van der Waals surface area (Å²) in [5, 5.41) is 11.5. The Morgan fingerprint density at radius 3 is 2.24 bits per heavy atom. The van der Waals surface area contributed by atoms with E-state index in [0.717, 1.165) is 155 Å². The van der Waals surface area contributed by atoms with Gasteiger partial charge in [-0.05, 0) is 124 Å². The fourth-order valence-corrected chi connectivity index (χ4v) is 14.7. The Balaban J connectivity index is 0.592. The minimum atomic E-state index is -1.02. The molecule has 1 aliphatic carbocycles. The van der Waals surface area contributed by atoms with E-state index in [-0.39, 0.29) is 54.0 Å². The molecule has 6 aliphatic rings. The standard InChI is InChI=1S/C69H95ClN14O7/c1-3-91-60-42-57(90-2)19-16-54(60)43-72-44-61(85)84-27-8-13-55(46-84)52-11-7-12-53(41-52)66(87)77-63(51-9-5-4-6-10-51)67(88)83-29-21-49(22-30-83)45-79-33-35-80(36-34-79)47-62(86)81-39-37-78(38-40-81)28-23-59(50-14-17-56(70)18-15-50)76-68(89)69(71)24-31-82(32-25-69)65-58-20-26-73-64(58)74-48-75-65/h7,11-12,14-20,26,41-42,48-49,51,55,59,63,72H,3-6,8-10,13,21-25,27-40,43-47,71H2,1-2H3,(H,76,89)(H,77,87)(H,73,74,75)/t55?,59-,63-/m0/s1. The van der Waals surface area contributed by atoms with Gasteiger partial charge in [-0.3, -0.25) is 33.8 Å².